The molecule has 2 aromatic heterocycles. The average molecular weight is 324 g/mol. The maximum atomic E-state index is 5.80. The molecular weight excluding hydrogens is 314 g/mol. The molecule has 3 heteroatoms. The summed E-state index contributed by atoms with van der Waals surface area (Å²) in [6.45, 7) is 0. The summed E-state index contributed by atoms with van der Waals surface area (Å²) in [6, 6.07) is 18.3. The standard InChI is InChI=1S/C17H10BrNO/c18-12-5-3-4-11(8-12)15-9-14-13-6-1-2-7-16(13)20-17(14)10-19-15/h1-10H. The van der Waals surface area contributed by atoms with Gasteiger partial charge in [0.05, 0.1) is 11.9 Å². The van der Waals surface area contributed by atoms with Crippen molar-refractivity contribution in [1.29, 1.82) is 0 Å². The number of fused-ring (bicyclic) bond motifs is 3. The van der Waals surface area contributed by atoms with Crippen molar-refractivity contribution in [2.45, 2.75) is 0 Å². The van der Waals surface area contributed by atoms with Crippen LogP contribution >= 0.6 is 15.9 Å². The van der Waals surface area contributed by atoms with Gasteiger partial charge in [-0.1, -0.05) is 46.3 Å². The molecule has 2 aromatic carbocycles. The van der Waals surface area contributed by atoms with Gasteiger partial charge in [0.2, 0.25) is 0 Å². The van der Waals surface area contributed by atoms with Gasteiger partial charge in [-0.05, 0) is 24.3 Å². The molecule has 4 aromatic rings. The molecule has 4 rings (SSSR count). The van der Waals surface area contributed by atoms with Crippen molar-refractivity contribution >= 4 is 37.9 Å². The van der Waals surface area contributed by atoms with Crippen molar-refractivity contribution in [1.82, 2.24) is 4.98 Å². The molecule has 0 aliphatic rings. The van der Waals surface area contributed by atoms with Crippen molar-refractivity contribution in [2.24, 2.45) is 0 Å². The van der Waals surface area contributed by atoms with E-state index in [1.807, 2.05) is 30.3 Å². The number of halogens is 1. The molecule has 0 amide bonds. The topological polar surface area (TPSA) is 26.0 Å². The van der Waals surface area contributed by atoms with Gasteiger partial charge in [-0.3, -0.25) is 4.98 Å². The normalized spacial score (nSPS) is 11.2. The largest absolute Gasteiger partial charge is 0.454 e. The van der Waals surface area contributed by atoms with Crippen LogP contribution < -0.4 is 0 Å². The van der Waals surface area contributed by atoms with Gasteiger partial charge in [0.15, 0.2) is 5.58 Å². The van der Waals surface area contributed by atoms with Crippen LogP contribution in [-0.2, 0) is 0 Å². The number of pyridine rings is 1. The minimum atomic E-state index is 0.824. The van der Waals surface area contributed by atoms with Gasteiger partial charge < -0.3 is 4.42 Å². The number of para-hydroxylation sites is 1. The molecule has 0 atom stereocenters. The Morgan fingerprint density at radius 1 is 0.850 bits per heavy atom. The summed E-state index contributed by atoms with van der Waals surface area (Å²) >= 11 is 3.50. The molecule has 0 saturated heterocycles. The zero-order chi connectivity index (χ0) is 13.5. The lowest BCUT2D eigenvalue weighted by atomic mass is 10.1. The smallest absolute Gasteiger partial charge is 0.153 e. The minimum absolute atomic E-state index is 0.824. The molecule has 0 N–H and O–H groups in total. The summed E-state index contributed by atoms with van der Waals surface area (Å²) in [7, 11) is 0. The SMILES string of the molecule is Brc1cccc(-c2cc3c(cn2)oc2ccccc23)c1. The van der Waals surface area contributed by atoms with Gasteiger partial charge in [0, 0.05) is 20.8 Å². The molecule has 20 heavy (non-hydrogen) atoms. The van der Waals surface area contributed by atoms with Crippen LogP contribution in [0, 0.1) is 0 Å². The van der Waals surface area contributed by atoms with Crippen LogP contribution in [-0.4, -0.2) is 4.98 Å². The third-order valence-corrected chi connectivity index (χ3v) is 3.88. The van der Waals surface area contributed by atoms with Gasteiger partial charge >= 0.3 is 0 Å². The second kappa shape index (κ2) is 4.46. The summed E-state index contributed by atoms with van der Waals surface area (Å²) in [4.78, 5) is 4.50. The highest BCUT2D eigenvalue weighted by atomic mass is 79.9. The van der Waals surface area contributed by atoms with Gasteiger partial charge in [0.25, 0.3) is 0 Å². The van der Waals surface area contributed by atoms with Crippen molar-refractivity contribution in [3.05, 3.63) is 65.3 Å². The lowest BCUT2D eigenvalue weighted by Crippen LogP contribution is -1.82. The van der Waals surface area contributed by atoms with Crippen LogP contribution in [0.1, 0.15) is 0 Å². The summed E-state index contributed by atoms with van der Waals surface area (Å²) in [6.07, 6.45) is 1.80. The number of nitrogens with zero attached hydrogens (tertiary/aromatic N) is 1. The molecular formula is C17H10BrNO. The summed E-state index contributed by atoms with van der Waals surface area (Å²) < 4.78 is 6.85. The van der Waals surface area contributed by atoms with Crippen molar-refractivity contribution < 1.29 is 4.42 Å². The maximum absolute atomic E-state index is 5.80. The van der Waals surface area contributed by atoms with Crippen LogP contribution in [0.25, 0.3) is 33.2 Å². The Hall–Kier alpha value is -2.13. The highest BCUT2D eigenvalue weighted by molar-refractivity contribution is 9.10. The fraction of sp³-hybridized carbons (Fsp3) is 0. The zero-order valence-corrected chi connectivity index (χ0v) is 12.1. The third kappa shape index (κ3) is 1.82. The highest BCUT2D eigenvalue weighted by Gasteiger charge is 2.08. The van der Waals surface area contributed by atoms with Crippen LogP contribution in [0.3, 0.4) is 0 Å². The Kier molecular flexibility index (Phi) is 2.60. The molecule has 0 unspecified atom stereocenters. The van der Waals surface area contributed by atoms with Crippen LogP contribution in [0.5, 0.6) is 0 Å². The highest BCUT2D eigenvalue weighted by Crippen LogP contribution is 2.31. The minimum Gasteiger partial charge on any atom is -0.454 e. The monoisotopic (exact) mass is 323 g/mol. The Bertz CT molecular complexity index is 926. The Labute approximate surface area is 124 Å². The third-order valence-electron chi connectivity index (χ3n) is 3.38. The van der Waals surface area contributed by atoms with E-state index in [-0.39, 0.29) is 0 Å². The first kappa shape index (κ1) is 11.7. The lowest BCUT2D eigenvalue weighted by molar-refractivity contribution is 0.667. The van der Waals surface area contributed by atoms with Gasteiger partial charge in [-0.2, -0.15) is 0 Å². The van der Waals surface area contributed by atoms with Gasteiger partial charge in [-0.25, -0.2) is 0 Å². The van der Waals surface area contributed by atoms with E-state index in [4.69, 9.17) is 4.42 Å². The molecule has 2 nitrogen and oxygen atoms in total. The average Bonchev–Trinajstić information content (AvgIpc) is 2.85. The molecule has 0 spiro atoms. The summed E-state index contributed by atoms with van der Waals surface area (Å²) in [5.74, 6) is 0. The molecule has 2 heterocycles. The van der Waals surface area contributed by atoms with Crippen LogP contribution in [0.4, 0.5) is 0 Å². The fourth-order valence-corrected chi connectivity index (χ4v) is 2.84. The van der Waals surface area contributed by atoms with Crippen molar-refractivity contribution in [3.8, 4) is 11.3 Å². The number of hydrogen-bond donors (Lipinski definition) is 0. The number of aromatic nitrogens is 1. The van der Waals surface area contributed by atoms with Gasteiger partial charge in [0.1, 0.15) is 5.58 Å². The Morgan fingerprint density at radius 3 is 2.65 bits per heavy atom. The lowest BCUT2D eigenvalue weighted by Gasteiger charge is -2.01. The Morgan fingerprint density at radius 2 is 1.75 bits per heavy atom. The molecule has 96 valence electrons. The second-order valence-electron chi connectivity index (χ2n) is 4.67. The second-order valence-corrected chi connectivity index (χ2v) is 5.59. The fourth-order valence-electron chi connectivity index (χ4n) is 2.44. The predicted molar refractivity (Wildman–Crippen MR) is 84.7 cm³/mol. The molecule has 0 aliphatic carbocycles. The van der Waals surface area contributed by atoms with E-state index in [1.165, 1.54) is 0 Å². The Balaban J connectivity index is 2.00. The van der Waals surface area contributed by atoms with E-state index in [2.05, 4.69) is 45.2 Å². The first-order chi connectivity index (χ1) is 9.81. The first-order valence-electron chi connectivity index (χ1n) is 6.34. The van der Waals surface area contributed by atoms with E-state index < -0.39 is 0 Å². The van der Waals surface area contributed by atoms with Crippen LogP contribution in [0.2, 0.25) is 0 Å². The first-order valence-corrected chi connectivity index (χ1v) is 7.14. The summed E-state index contributed by atoms with van der Waals surface area (Å²) in [5, 5.41) is 2.23. The number of rotatable bonds is 1. The van der Waals surface area contributed by atoms with Crippen LogP contribution in [0.15, 0.2) is 69.7 Å². The maximum Gasteiger partial charge on any atom is 0.153 e. The quantitative estimate of drug-likeness (QED) is 0.468. The number of hydrogen-bond acceptors (Lipinski definition) is 2. The van der Waals surface area contributed by atoms with E-state index in [0.29, 0.717) is 0 Å². The molecule has 0 radical (unpaired) electrons. The van der Waals surface area contributed by atoms with E-state index in [1.54, 1.807) is 6.20 Å². The number of furan rings is 1. The van der Waals surface area contributed by atoms with E-state index in [9.17, 15) is 0 Å². The van der Waals surface area contributed by atoms with Gasteiger partial charge in [-0.15, -0.1) is 0 Å². The van der Waals surface area contributed by atoms with E-state index in [0.717, 1.165) is 37.7 Å². The molecule has 0 fully saturated rings. The number of benzene rings is 2. The summed E-state index contributed by atoms with van der Waals surface area (Å²) in [5.41, 5.74) is 3.76. The van der Waals surface area contributed by atoms with Crippen molar-refractivity contribution in [2.75, 3.05) is 0 Å². The predicted octanol–water partition coefficient (Wildman–Crippen LogP) is 5.41. The van der Waals surface area contributed by atoms with Crippen molar-refractivity contribution in [3.63, 3.8) is 0 Å². The molecule has 0 aliphatic heterocycles. The van der Waals surface area contributed by atoms with E-state index >= 15 is 0 Å². The zero-order valence-electron chi connectivity index (χ0n) is 10.5. The molecule has 0 bridgehead atoms. The molecule has 0 saturated carbocycles.